The Morgan fingerprint density at radius 1 is 0.929 bits per heavy atom. The maximum Gasteiger partial charge on any atom is 0.342 e. The third-order valence-electron chi connectivity index (χ3n) is 4.30. The second-order valence-electron chi connectivity index (χ2n) is 6.30. The first kappa shape index (κ1) is 18.1. The lowest BCUT2D eigenvalue weighted by atomic mass is 10.1. The minimum absolute atomic E-state index is 0.263. The van der Waals surface area contributed by atoms with Gasteiger partial charge in [0, 0.05) is 17.1 Å². The molecule has 0 saturated carbocycles. The van der Waals surface area contributed by atoms with Crippen LogP contribution < -0.4 is 10.1 Å². The number of anilines is 1. The maximum atomic E-state index is 12.5. The molecule has 0 aliphatic carbocycles. The summed E-state index contributed by atoms with van der Waals surface area (Å²) in [6.07, 6.45) is 0.707. The zero-order valence-corrected chi connectivity index (χ0v) is 15.8. The maximum absolute atomic E-state index is 12.5. The second-order valence-corrected chi connectivity index (χ2v) is 6.73. The lowest BCUT2D eigenvalue weighted by molar-refractivity contribution is 0.219. The van der Waals surface area contributed by atoms with Crippen LogP contribution in [0.2, 0.25) is 5.02 Å². The van der Waals surface area contributed by atoms with Crippen molar-refractivity contribution in [2.45, 2.75) is 6.42 Å². The molecular formula is C22H18ClN3O2. The Morgan fingerprint density at radius 2 is 1.61 bits per heavy atom. The van der Waals surface area contributed by atoms with E-state index in [0.29, 0.717) is 29.4 Å². The smallest absolute Gasteiger partial charge is 0.342 e. The van der Waals surface area contributed by atoms with Gasteiger partial charge < -0.3 is 10.1 Å². The number of hydrazone groups is 1. The SMILES string of the molecule is O=C(Nc1ccc(Oc2ccccc2)cc1)N1CCC(c2ccc(Cl)cc2)=N1. The summed E-state index contributed by atoms with van der Waals surface area (Å²) in [7, 11) is 0. The third-order valence-corrected chi connectivity index (χ3v) is 4.55. The quantitative estimate of drug-likeness (QED) is 0.613. The van der Waals surface area contributed by atoms with Crippen molar-refractivity contribution in [1.29, 1.82) is 0 Å². The highest BCUT2D eigenvalue weighted by atomic mass is 35.5. The largest absolute Gasteiger partial charge is 0.457 e. The Kier molecular flexibility index (Phi) is 5.26. The predicted octanol–water partition coefficient (Wildman–Crippen LogP) is 5.77. The second kappa shape index (κ2) is 8.15. The van der Waals surface area contributed by atoms with Gasteiger partial charge in [-0.3, -0.25) is 0 Å². The average molecular weight is 392 g/mol. The van der Waals surface area contributed by atoms with Gasteiger partial charge in [0.1, 0.15) is 11.5 Å². The molecule has 2 amide bonds. The molecule has 1 aliphatic heterocycles. The van der Waals surface area contributed by atoms with Crippen LogP contribution in [0.15, 0.2) is 84.0 Å². The van der Waals surface area contributed by atoms with Crippen LogP contribution in [0, 0.1) is 0 Å². The number of halogens is 1. The van der Waals surface area contributed by atoms with Crippen LogP contribution in [0.5, 0.6) is 11.5 Å². The molecule has 0 bridgehead atoms. The Morgan fingerprint density at radius 3 is 2.32 bits per heavy atom. The molecule has 1 N–H and O–H groups in total. The number of hydrogen-bond acceptors (Lipinski definition) is 3. The fourth-order valence-corrected chi connectivity index (χ4v) is 2.99. The Balaban J connectivity index is 1.38. The van der Waals surface area contributed by atoms with Crippen molar-refractivity contribution in [3.05, 3.63) is 89.4 Å². The first-order chi connectivity index (χ1) is 13.7. The fraction of sp³-hybridized carbons (Fsp3) is 0.0909. The molecule has 28 heavy (non-hydrogen) atoms. The van der Waals surface area contributed by atoms with Crippen molar-refractivity contribution in [3.63, 3.8) is 0 Å². The van der Waals surface area contributed by atoms with E-state index >= 15 is 0 Å². The predicted molar refractivity (Wildman–Crippen MR) is 111 cm³/mol. The zero-order valence-electron chi connectivity index (χ0n) is 15.0. The van der Waals surface area contributed by atoms with Gasteiger partial charge >= 0.3 is 6.03 Å². The Bertz CT molecular complexity index is 987. The summed E-state index contributed by atoms with van der Waals surface area (Å²) in [5.41, 5.74) is 2.53. The third kappa shape index (κ3) is 4.32. The number of ether oxygens (including phenoxy) is 1. The van der Waals surface area contributed by atoms with Crippen LogP contribution in [0.4, 0.5) is 10.5 Å². The van der Waals surface area contributed by atoms with E-state index in [1.54, 1.807) is 12.1 Å². The summed E-state index contributed by atoms with van der Waals surface area (Å²) in [5.74, 6) is 1.47. The van der Waals surface area contributed by atoms with Crippen molar-refractivity contribution in [2.75, 3.05) is 11.9 Å². The number of para-hydroxylation sites is 1. The van der Waals surface area contributed by atoms with Crippen molar-refractivity contribution in [1.82, 2.24) is 5.01 Å². The molecule has 6 heteroatoms. The van der Waals surface area contributed by atoms with Crippen LogP contribution in [0.25, 0.3) is 0 Å². The number of carbonyl (C=O) groups excluding carboxylic acids is 1. The van der Waals surface area contributed by atoms with Gasteiger partial charge in [0.25, 0.3) is 0 Å². The molecule has 5 nitrogen and oxygen atoms in total. The summed E-state index contributed by atoms with van der Waals surface area (Å²) >= 11 is 5.92. The van der Waals surface area contributed by atoms with Crippen molar-refractivity contribution in [2.24, 2.45) is 5.10 Å². The number of benzene rings is 3. The van der Waals surface area contributed by atoms with E-state index in [9.17, 15) is 4.79 Å². The highest BCUT2D eigenvalue weighted by molar-refractivity contribution is 6.30. The molecule has 0 saturated heterocycles. The number of nitrogens with zero attached hydrogens (tertiary/aromatic N) is 2. The molecule has 0 aromatic heterocycles. The number of nitrogens with one attached hydrogen (secondary N) is 1. The van der Waals surface area contributed by atoms with Crippen LogP contribution in [0.3, 0.4) is 0 Å². The molecule has 1 heterocycles. The molecular weight excluding hydrogens is 374 g/mol. The van der Waals surface area contributed by atoms with Crippen LogP contribution >= 0.6 is 11.6 Å². The van der Waals surface area contributed by atoms with E-state index < -0.39 is 0 Å². The highest BCUT2D eigenvalue weighted by Gasteiger charge is 2.21. The Hall–Kier alpha value is -3.31. The van der Waals surface area contributed by atoms with E-state index in [1.807, 2.05) is 66.7 Å². The minimum Gasteiger partial charge on any atom is -0.457 e. The number of amides is 2. The summed E-state index contributed by atoms with van der Waals surface area (Å²) in [4.78, 5) is 12.5. The van der Waals surface area contributed by atoms with Crippen LogP contribution in [-0.2, 0) is 0 Å². The number of carbonyl (C=O) groups is 1. The van der Waals surface area contributed by atoms with Crippen LogP contribution in [0.1, 0.15) is 12.0 Å². The summed E-state index contributed by atoms with van der Waals surface area (Å²) < 4.78 is 5.76. The van der Waals surface area contributed by atoms with Gasteiger partial charge in [0.05, 0.1) is 12.3 Å². The summed E-state index contributed by atoms with van der Waals surface area (Å²) in [5, 5.41) is 9.41. The van der Waals surface area contributed by atoms with Gasteiger partial charge in [-0.05, 0) is 54.1 Å². The summed E-state index contributed by atoms with van der Waals surface area (Å²) in [6.45, 7) is 0.541. The molecule has 1 aliphatic rings. The van der Waals surface area contributed by atoms with E-state index in [2.05, 4.69) is 10.4 Å². The van der Waals surface area contributed by atoms with E-state index in [-0.39, 0.29) is 6.03 Å². The first-order valence-corrected chi connectivity index (χ1v) is 9.30. The van der Waals surface area contributed by atoms with E-state index in [0.717, 1.165) is 17.0 Å². The molecule has 0 unspecified atom stereocenters. The zero-order chi connectivity index (χ0) is 19.3. The van der Waals surface area contributed by atoms with Crippen molar-refractivity contribution >= 4 is 29.0 Å². The normalized spacial score (nSPS) is 13.2. The molecule has 0 radical (unpaired) electrons. The minimum atomic E-state index is -0.263. The van der Waals surface area contributed by atoms with E-state index in [1.165, 1.54) is 5.01 Å². The van der Waals surface area contributed by atoms with Gasteiger partial charge in [-0.15, -0.1) is 0 Å². The molecule has 0 spiro atoms. The standard InChI is InChI=1S/C22H18ClN3O2/c23-17-8-6-16(7-9-17)21-14-15-26(25-21)22(27)24-18-10-12-20(13-11-18)28-19-4-2-1-3-5-19/h1-13H,14-15H2,(H,24,27). The molecule has 0 fully saturated rings. The Labute approximate surface area is 168 Å². The van der Waals surface area contributed by atoms with Gasteiger partial charge in [-0.25, -0.2) is 9.80 Å². The fourth-order valence-electron chi connectivity index (χ4n) is 2.87. The topological polar surface area (TPSA) is 53.9 Å². The lowest BCUT2D eigenvalue weighted by Crippen LogP contribution is -2.28. The molecule has 0 atom stereocenters. The van der Waals surface area contributed by atoms with E-state index in [4.69, 9.17) is 16.3 Å². The van der Waals surface area contributed by atoms with Gasteiger partial charge in [-0.1, -0.05) is 41.9 Å². The van der Waals surface area contributed by atoms with Crippen molar-refractivity contribution < 1.29 is 9.53 Å². The molecule has 3 aromatic carbocycles. The number of urea groups is 1. The molecule has 4 rings (SSSR count). The van der Waals surface area contributed by atoms with Crippen molar-refractivity contribution in [3.8, 4) is 11.5 Å². The number of hydrogen-bond donors (Lipinski definition) is 1. The van der Waals surface area contributed by atoms with Gasteiger partial charge in [0.15, 0.2) is 0 Å². The van der Waals surface area contributed by atoms with Gasteiger partial charge in [0.2, 0.25) is 0 Å². The summed E-state index contributed by atoms with van der Waals surface area (Å²) in [6, 6.07) is 24.0. The van der Waals surface area contributed by atoms with Crippen LogP contribution in [-0.4, -0.2) is 23.3 Å². The monoisotopic (exact) mass is 391 g/mol. The highest BCUT2D eigenvalue weighted by Crippen LogP contribution is 2.23. The number of rotatable bonds is 4. The van der Waals surface area contributed by atoms with Gasteiger partial charge in [-0.2, -0.15) is 5.10 Å². The molecule has 140 valence electrons. The molecule has 3 aromatic rings. The first-order valence-electron chi connectivity index (χ1n) is 8.92. The average Bonchev–Trinajstić information content (AvgIpc) is 3.21. The lowest BCUT2D eigenvalue weighted by Gasteiger charge is -2.13.